The fraction of sp³-hybridized carbons (Fsp3) is 0.739. The van der Waals surface area contributed by atoms with E-state index < -0.39 is 0 Å². The van der Waals surface area contributed by atoms with E-state index in [4.69, 9.17) is 0 Å². The summed E-state index contributed by atoms with van der Waals surface area (Å²) in [6, 6.07) is 0. The van der Waals surface area contributed by atoms with Crippen molar-refractivity contribution < 1.29 is 9.59 Å². The SMILES string of the molecule is CC(=O)[C@]1(C)CC[C@H]2[C@@H]3C=C(C)C4=CC(=O)CC[C@]4(C)[C@H]3CC[C@@]21C. The molecule has 25 heavy (non-hydrogen) atoms. The van der Waals surface area contributed by atoms with Gasteiger partial charge in [-0.15, -0.1) is 0 Å². The van der Waals surface area contributed by atoms with Gasteiger partial charge in [-0.3, -0.25) is 9.59 Å². The lowest BCUT2D eigenvalue weighted by molar-refractivity contribution is -0.136. The average Bonchev–Trinajstić information content (AvgIpc) is 2.83. The zero-order valence-corrected chi connectivity index (χ0v) is 16.4. The van der Waals surface area contributed by atoms with Crippen molar-refractivity contribution >= 4 is 11.6 Å². The molecule has 4 aliphatic rings. The third-order valence-electron chi connectivity index (χ3n) is 9.21. The molecule has 0 amide bonds. The summed E-state index contributed by atoms with van der Waals surface area (Å²) in [7, 11) is 0. The number of Topliss-reactive ketones (excluding diaryl/α,β-unsaturated/α-hetero) is 1. The molecule has 136 valence electrons. The number of fused-ring (bicyclic) bond motifs is 5. The van der Waals surface area contributed by atoms with Gasteiger partial charge in [-0.25, -0.2) is 0 Å². The van der Waals surface area contributed by atoms with Gasteiger partial charge in [0.1, 0.15) is 5.78 Å². The largest absolute Gasteiger partial charge is 0.299 e. The van der Waals surface area contributed by atoms with Gasteiger partial charge in [0.2, 0.25) is 0 Å². The normalized spacial score (nSPS) is 48.8. The topological polar surface area (TPSA) is 34.1 Å². The molecule has 0 radical (unpaired) electrons. The molecule has 2 heteroatoms. The molecule has 0 saturated heterocycles. The first kappa shape index (κ1) is 17.2. The molecule has 0 aromatic rings. The Morgan fingerprint density at radius 1 is 1.08 bits per heavy atom. The molecule has 4 rings (SSSR count). The van der Waals surface area contributed by atoms with E-state index in [9.17, 15) is 9.59 Å². The maximum Gasteiger partial charge on any atom is 0.156 e. The Morgan fingerprint density at radius 3 is 2.44 bits per heavy atom. The van der Waals surface area contributed by atoms with E-state index in [2.05, 4.69) is 33.8 Å². The van der Waals surface area contributed by atoms with Gasteiger partial charge >= 0.3 is 0 Å². The minimum atomic E-state index is -0.163. The van der Waals surface area contributed by atoms with Gasteiger partial charge < -0.3 is 0 Å². The lowest BCUT2D eigenvalue weighted by Crippen LogP contribution is -2.52. The number of carbonyl (C=O) groups is 2. The molecule has 0 N–H and O–H groups in total. The van der Waals surface area contributed by atoms with Crippen LogP contribution in [0.5, 0.6) is 0 Å². The van der Waals surface area contributed by atoms with Gasteiger partial charge in [-0.05, 0) is 86.2 Å². The summed E-state index contributed by atoms with van der Waals surface area (Å²) in [6.45, 7) is 11.0. The first-order valence-electron chi connectivity index (χ1n) is 10.1. The van der Waals surface area contributed by atoms with E-state index in [0.29, 0.717) is 35.7 Å². The monoisotopic (exact) mass is 340 g/mol. The highest BCUT2D eigenvalue weighted by atomic mass is 16.1. The Bertz CT molecular complexity index is 714. The van der Waals surface area contributed by atoms with Crippen molar-refractivity contribution in [1.29, 1.82) is 0 Å². The van der Waals surface area contributed by atoms with Gasteiger partial charge in [0.25, 0.3) is 0 Å². The van der Waals surface area contributed by atoms with E-state index in [0.717, 1.165) is 19.3 Å². The first-order valence-corrected chi connectivity index (χ1v) is 10.1. The molecule has 4 aliphatic carbocycles. The Kier molecular flexibility index (Phi) is 3.57. The van der Waals surface area contributed by atoms with Crippen molar-refractivity contribution in [2.75, 3.05) is 0 Å². The summed E-state index contributed by atoms with van der Waals surface area (Å²) in [5.41, 5.74) is 2.73. The Morgan fingerprint density at radius 2 is 1.76 bits per heavy atom. The third kappa shape index (κ3) is 2.03. The number of allylic oxidation sites excluding steroid dienone is 4. The van der Waals surface area contributed by atoms with Crippen molar-refractivity contribution in [1.82, 2.24) is 0 Å². The van der Waals surface area contributed by atoms with E-state index in [1.807, 2.05) is 6.08 Å². The summed E-state index contributed by atoms with van der Waals surface area (Å²) >= 11 is 0. The second-order valence-corrected chi connectivity index (χ2v) is 9.96. The van der Waals surface area contributed by atoms with Gasteiger partial charge in [-0.1, -0.05) is 32.4 Å². The highest BCUT2D eigenvalue weighted by Gasteiger charge is 2.63. The van der Waals surface area contributed by atoms with E-state index in [-0.39, 0.29) is 16.2 Å². The highest BCUT2D eigenvalue weighted by molar-refractivity contribution is 5.92. The summed E-state index contributed by atoms with van der Waals surface area (Å²) in [4.78, 5) is 24.5. The van der Waals surface area contributed by atoms with E-state index >= 15 is 0 Å². The zero-order valence-electron chi connectivity index (χ0n) is 16.4. The van der Waals surface area contributed by atoms with Crippen LogP contribution in [0, 0.1) is 34.0 Å². The van der Waals surface area contributed by atoms with Crippen molar-refractivity contribution in [3.05, 3.63) is 23.3 Å². The Labute approximate surface area is 152 Å². The number of rotatable bonds is 1. The van der Waals surface area contributed by atoms with E-state index in [1.165, 1.54) is 24.0 Å². The minimum Gasteiger partial charge on any atom is -0.299 e. The molecular formula is C23H32O2. The van der Waals surface area contributed by atoms with Crippen LogP contribution < -0.4 is 0 Å². The number of hydrogen-bond donors (Lipinski definition) is 0. The fourth-order valence-electron chi connectivity index (χ4n) is 7.26. The maximum absolute atomic E-state index is 12.5. The predicted molar refractivity (Wildman–Crippen MR) is 100 cm³/mol. The van der Waals surface area contributed by atoms with Gasteiger partial charge in [0, 0.05) is 11.8 Å². The summed E-state index contributed by atoms with van der Waals surface area (Å²) in [6.07, 6.45) is 10.7. The fourth-order valence-corrected chi connectivity index (χ4v) is 7.26. The highest BCUT2D eigenvalue weighted by Crippen LogP contribution is 2.69. The maximum atomic E-state index is 12.5. The van der Waals surface area contributed by atoms with E-state index in [1.54, 1.807) is 6.92 Å². The molecule has 0 aromatic carbocycles. The molecular weight excluding hydrogens is 308 g/mol. The Balaban J connectivity index is 1.80. The molecule has 0 unspecified atom stereocenters. The molecule has 0 bridgehead atoms. The van der Waals surface area contributed by atoms with Crippen LogP contribution in [0.25, 0.3) is 0 Å². The average molecular weight is 341 g/mol. The Hall–Kier alpha value is -1.18. The second kappa shape index (κ2) is 5.18. The molecule has 2 nitrogen and oxygen atoms in total. The molecule has 2 saturated carbocycles. The van der Waals surface area contributed by atoms with Crippen LogP contribution >= 0.6 is 0 Å². The zero-order chi connectivity index (χ0) is 18.2. The van der Waals surface area contributed by atoms with Crippen molar-refractivity contribution in [3.63, 3.8) is 0 Å². The van der Waals surface area contributed by atoms with Gasteiger partial charge in [-0.2, -0.15) is 0 Å². The van der Waals surface area contributed by atoms with Crippen LogP contribution in [-0.2, 0) is 9.59 Å². The van der Waals surface area contributed by atoms with Crippen molar-refractivity contribution in [2.24, 2.45) is 34.0 Å². The predicted octanol–water partition coefficient (Wildman–Crippen LogP) is 5.28. The standard InChI is InChI=1S/C23H32O2/c1-14-12-17-18(21(3)9-6-16(25)13-20(14)21)7-11-23(5)19(17)8-10-22(23,4)15(2)24/h12-13,17-19H,6-11H2,1-5H3/t17-,18+,19+,21-,22+,23+/m1/s1. The summed E-state index contributed by atoms with van der Waals surface area (Å²) in [5, 5.41) is 0. The molecule has 0 aliphatic heterocycles. The smallest absolute Gasteiger partial charge is 0.156 e. The van der Waals surface area contributed by atoms with Crippen LogP contribution in [0.15, 0.2) is 23.3 Å². The quantitative estimate of drug-likeness (QED) is 0.651. The summed E-state index contributed by atoms with van der Waals surface area (Å²) < 4.78 is 0. The van der Waals surface area contributed by atoms with Gasteiger partial charge in [0.15, 0.2) is 5.78 Å². The van der Waals surface area contributed by atoms with Crippen LogP contribution in [-0.4, -0.2) is 11.6 Å². The minimum absolute atomic E-state index is 0.124. The number of carbonyl (C=O) groups excluding carboxylic acids is 2. The number of ketones is 2. The van der Waals surface area contributed by atoms with Crippen LogP contribution in [0.1, 0.15) is 73.1 Å². The number of hydrogen-bond acceptors (Lipinski definition) is 2. The van der Waals surface area contributed by atoms with Crippen LogP contribution in [0.4, 0.5) is 0 Å². The van der Waals surface area contributed by atoms with Crippen LogP contribution in [0.3, 0.4) is 0 Å². The molecule has 6 atom stereocenters. The molecule has 2 fully saturated rings. The summed E-state index contributed by atoms with van der Waals surface area (Å²) in [5.74, 6) is 2.47. The lowest BCUT2D eigenvalue weighted by Gasteiger charge is -2.58. The van der Waals surface area contributed by atoms with Crippen LogP contribution in [0.2, 0.25) is 0 Å². The first-order chi connectivity index (χ1) is 11.6. The lowest BCUT2D eigenvalue weighted by atomic mass is 9.46. The molecule has 0 aromatic heterocycles. The second-order valence-electron chi connectivity index (χ2n) is 9.96. The van der Waals surface area contributed by atoms with Crippen molar-refractivity contribution in [3.8, 4) is 0 Å². The molecule has 0 spiro atoms. The third-order valence-corrected chi connectivity index (χ3v) is 9.21. The van der Waals surface area contributed by atoms with Gasteiger partial charge in [0.05, 0.1) is 0 Å². The molecule has 0 heterocycles. The van der Waals surface area contributed by atoms with Crippen molar-refractivity contribution in [2.45, 2.75) is 73.1 Å².